The number of benzene rings is 1. The highest BCUT2D eigenvalue weighted by Crippen LogP contribution is 2.30. The summed E-state index contributed by atoms with van der Waals surface area (Å²) in [6.45, 7) is 13.1. The summed E-state index contributed by atoms with van der Waals surface area (Å²) in [5.41, 5.74) is 5.72. The Labute approximate surface area is 304 Å². The third-order valence-electron chi connectivity index (χ3n) is 10.1. The summed E-state index contributed by atoms with van der Waals surface area (Å²) >= 11 is 0. The maximum atomic E-state index is 14.1. The zero-order chi connectivity index (χ0) is 38.6. The van der Waals surface area contributed by atoms with Crippen LogP contribution in [-0.2, 0) is 44.6 Å². The normalized spacial score (nSPS) is 18.9. The number of amides is 4. The third kappa shape index (κ3) is 11.7. The molecule has 1 saturated heterocycles. The van der Waals surface area contributed by atoms with Crippen molar-refractivity contribution >= 4 is 29.6 Å². The van der Waals surface area contributed by atoms with Crippen LogP contribution in [0.2, 0.25) is 0 Å². The molecule has 13 heteroatoms. The Morgan fingerprint density at radius 3 is 2.14 bits per heavy atom. The van der Waals surface area contributed by atoms with Gasteiger partial charge in [-0.25, -0.2) is 4.79 Å². The summed E-state index contributed by atoms with van der Waals surface area (Å²) in [5, 5.41) is 5.67. The van der Waals surface area contributed by atoms with Gasteiger partial charge in [0.2, 0.25) is 23.6 Å². The van der Waals surface area contributed by atoms with Crippen molar-refractivity contribution in [3.63, 3.8) is 0 Å². The number of hydrogen-bond acceptors (Lipinski definition) is 9. The van der Waals surface area contributed by atoms with Crippen molar-refractivity contribution in [1.29, 1.82) is 0 Å². The first-order valence-corrected chi connectivity index (χ1v) is 18.1. The molecule has 0 saturated carbocycles. The highest BCUT2D eigenvalue weighted by molar-refractivity contribution is 5.92. The number of likely N-dealkylation sites (tertiary alicyclic amines) is 1. The van der Waals surface area contributed by atoms with Gasteiger partial charge in [0.15, 0.2) is 0 Å². The van der Waals surface area contributed by atoms with Crippen molar-refractivity contribution in [2.45, 2.75) is 122 Å². The molecule has 1 aromatic rings. The average molecular weight is 718 g/mol. The maximum absolute atomic E-state index is 14.1. The predicted molar refractivity (Wildman–Crippen MR) is 195 cm³/mol. The minimum absolute atomic E-state index is 0.00728. The lowest BCUT2D eigenvalue weighted by atomic mass is 9.89. The minimum Gasteiger partial charge on any atom is -0.467 e. The number of carbonyl (C=O) groups excluding carboxylic acids is 5. The number of likely N-dealkylation sites (N-methyl/N-ethyl adjacent to an activating group) is 1. The molecule has 4 amide bonds. The quantitative estimate of drug-likeness (QED) is 0.182. The molecular formula is C38H63N5O8. The smallest absolute Gasteiger partial charge is 0.328 e. The SMILES string of the molecule is CCC(C)C(C(CC(=O)N1CCC[C@H]1C(OC)C(C)C(=O)NC(Cc1ccccc1)C(=O)OC)OC)N(C)C(=O)C(NC(=O)C(C)(C)N)C(C)C. The highest BCUT2D eigenvalue weighted by Gasteiger charge is 2.43. The summed E-state index contributed by atoms with van der Waals surface area (Å²) in [7, 11) is 6.02. The molecule has 0 radical (unpaired) electrons. The van der Waals surface area contributed by atoms with E-state index < -0.39 is 59.7 Å². The van der Waals surface area contributed by atoms with Gasteiger partial charge in [0, 0.05) is 34.2 Å². The van der Waals surface area contributed by atoms with Gasteiger partial charge in [-0.3, -0.25) is 19.2 Å². The molecular weight excluding hydrogens is 654 g/mol. The van der Waals surface area contributed by atoms with Crippen LogP contribution in [0.15, 0.2) is 30.3 Å². The number of nitrogens with zero attached hydrogens (tertiary/aromatic N) is 2. The first kappa shape index (κ1) is 43.6. The Kier molecular flexibility index (Phi) is 17.0. The number of hydrogen-bond donors (Lipinski definition) is 3. The Hall–Kier alpha value is -3.55. The van der Waals surface area contributed by atoms with Gasteiger partial charge in [-0.1, -0.05) is 71.4 Å². The molecule has 13 nitrogen and oxygen atoms in total. The van der Waals surface area contributed by atoms with Gasteiger partial charge < -0.3 is 40.4 Å². The van der Waals surface area contributed by atoms with Crippen LogP contribution in [0.4, 0.5) is 0 Å². The highest BCUT2D eigenvalue weighted by atomic mass is 16.5. The van der Waals surface area contributed by atoms with Crippen molar-refractivity contribution < 1.29 is 38.2 Å². The van der Waals surface area contributed by atoms with Crippen LogP contribution in [0.25, 0.3) is 0 Å². The largest absolute Gasteiger partial charge is 0.467 e. The number of carbonyl (C=O) groups is 5. The van der Waals surface area contributed by atoms with Crippen molar-refractivity contribution in [3.8, 4) is 0 Å². The van der Waals surface area contributed by atoms with Crippen LogP contribution >= 0.6 is 0 Å². The van der Waals surface area contributed by atoms with Gasteiger partial charge in [-0.15, -0.1) is 0 Å². The summed E-state index contributed by atoms with van der Waals surface area (Å²) in [4.78, 5) is 70.4. The molecule has 288 valence electrons. The number of ether oxygens (including phenoxy) is 3. The molecule has 0 bridgehead atoms. The molecule has 7 unspecified atom stereocenters. The van der Waals surface area contributed by atoms with Gasteiger partial charge in [0.25, 0.3) is 0 Å². The average Bonchev–Trinajstić information content (AvgIpc) is 3.58. The van der Waals surface area contributed by atoms with E-state index in [2.05, 4.69) is 10.6 Å². The summed E-state index contributed by atoms with van der Waals surface area (Å²) < 4.78 is 16.8. The van der Waals surface area contributed by atoms with Crippen LogP contribution in [0.3, 0.4) is 0 Å². The monoisotopic (exact) mass is 717 g/mol. The zero-order valence-corrected chi connectivity index (χ0v) is 32.6. The number of nitrogens with one attached hydrogen (secondary N) is 2. The second-order valence-corrected chi connectivity index (χ2v) is 14.8. The Morgan fingerprint density at radius 1 is 1.00 bits per heavy atom. The second-order valence-electron chi connectivity index (χ2n) is 14.8. The van der Waals surface area contributed by atoms with Crippen molar-refractivity contribution in [1.82, 2.24) is 20.4 Å². The molecule has 8 atom stereocenters. The maximum Gasteiger partial charge on any atom is 0.328 e. The Morgan fingerprint density at radius 2 is 1.63 bits per heavy atom. The number of rotatable bonds is 19. The van der Waals surface area contributed by atoms with Crippen LogP contribution in [0, 0.1) is 17.8 Å². The lowest BCUT2D eigenvalue weighted by Gasteiger charge is -2.41. The standard InChI is InChI=1S/C38H63N5O8/c1-12-24(4)32(42(8)35(46)31(23(2)3)41-37(48)38(6,7)39)29(49-9)22-30(44)43-20-16-19-28(43)33(50-10)25(5)34(45)40-27(36(47)51-11)21-26-17-14-13-15-18-26/h13-15,17-18,23-25,27-29,31-33H,12,16,19-22,39H2,1-11H3,(H,40,45)(H,41,48)/t24?,25?,27?,28-,29?,31?,32?,33?/m0/s1. The van der Waals surface area contributed by atoms with Crippen molar-refractivity contribution in [2.24, 2.45) is 23.5 Å². The molecule has 1 heterocycles. The molecule has 2 rings (SSSR count). The molecule has 0 spiro atoms. The first-order valence-electron chi connectivity index (χ1n) is 18.1. The van der Waals surface area contributed by atoms with Crippen molar-refractivity contribution in [2.75, 3.05) is 34.9 Å². The zero-order valence-electron chi connectivity index (χ0n) is 32.6. The molecule has 1 aliphatic rings. The van der Waals surface area contributed by atoms with Crippen molar-refractivity contribution in [3.05, 3.63) is 35.9 Å². The van der Waals surface area contributed by atoms with E-state index in [4.69, 9.17) is 19.9 Å². The number of methoxy groups -OCH3 is 3. The molecule has 4 N–H and O–H groups in total. The molecule has 51 heavy (non-hydrogen) atoms. The van der Waals surface area contributed by atoms with Gasteiger partial charge in [0.1, 0.15) is 12.1 Å². The van der Waals surface area contributed by atoms with E-state index in [1.165, 1.54) is 21.3 Å². The lowest BCUT2D eigenvalue weighted by Crippen LogP contribution is -2.60. The molecule has 1 fully saturated rings. The molecule has 1 aliphatic heterocycles. The fourth-order valence-electron chi connectivity index (χ4n) is 6.85. The number of nitrogens with two attached hydrogens (primary N) is 1. The summed E-state index contributed by atoms with van der Waals surface area (Å²) in [5.74, 6) is -2.81. The third-order valence-corrected chi connectivity index (χ3v) is 10.1. The van der Waals surface area contributed by atoms with E-state index in [1.54, 1.807) is 37.6 Å². The minimum atomic E-state index is -1.17. The van der Waals surface area contributed by atoms with E-state index in [0.29, 0.717) is 19.4 Å². The Balaban J connectivity index is 2.27. The van der Waals surface area contributed by atoms with Gasteiger partial charge >= 0.3 is 5.97 Å². The van der Waals surface area contributed by atoms with Gasteiger partial charge in [-0.05, 0) is 44.1 Å². The topological polar surface area (TPSA) is 170 Å². The lowest BCUT2D eigenvalue weighted by molar-refractivity contribution is -0.149. The van der Waals surface area contributed by atoms with E-state index in [9.17, 15) is 24.0 Å². The summed E-state index contributed by atoms with van der Waals surface area (Å²) in [6.07, 6.45) is 1.02. The van der Waals surface area contributed by atoms with E-state index in [-0.39, 0.29) is 42.4 Å². The summed E-state index contributed by atoms with van der Waals surface area (Å²) in [6, 6.07) is 6.76. The van der Waals surface area contributed by atoms with Crippen LogP contribution in [-0.4, -0.2) is 116 Å². The fourth-order valence-corrected chi connectivity index (χ4v) is 6.85. The van der Waals surface area contributed by atoms with Crippen LogP contribution < -0.4 is 16.4 Å². The molecule has 0 aromatic heterocycles. The van der Waals surface area contributed by atoms with E-state index in [0.717, 1.165) is 12.0 Å². The van der Waals surface area contributed by atoms with Crippen LogP contribution in [0.1, 0.15) is 79.7 Å². The molecule has 1 aromatic carbocycles. The number of esters is 1. The van der Waals surface area contributed by atoms with E-state index in [1.807, 2.05) is 58.0 Å². The Bertz CT molecular complexity index is 1300. The van der Waals surface area contributed by atoms with Crippen LogP contribution in [0.5, 0.6) is 0 Å². The second kappa shape index (κ2) is 19.9. The predicted octanol–water partition coefficient (Wildman–Crippen LogP) is 2.69. The van der Waals surface area contributed by atoms with E-state index >= 15 is 0 Å². The fraction of sp³-hybridized carbons (Fsp3) is 0.711. The molecule has 0 aliphatic carbocycles. The first-order chi connectivity index (χ1) is 23.9. The van der Waals surface area contributed by atoms with Gasteiger partial charge in [0.05, 0.1) is 49.3 Å². The van der Waals surface area contributed by atoms with Gasteiger partial charge in [-0.2, -0.15) is 0 Å².